The fourth-order valence-corrected chi connectivity index (χ4v) is 2.54. The molecule has 0 saturated heterocycles. The maximum atomic E-state index is 11.9. The second-order valence-corrected chi connectivity index (χ2v) is 5.22. The molecule has 0 heterocycles. The molecule has 6 nitrogen and oxygen atoms in total. The van der Waals surface area contributed by atoms with E-state index in [0.717, 1.165) is 31.6 Å². The van der Waals surface area contributed by atoms with Crippen LogP contribution < -0.4 is 5.32 Å². The molecule has 19 heavy (non-hydrogen) atoms. The Labute approximate surface area is 113 Å². The van der Waals surface area contributed by atoms with E-state index in [-0.39, 0.29) is 6.04 Å². The maximum Gasteiger partial charge on any atom is 0.328 e. The lowest BCUT2D eigenvalue weighted by Crippen LogP contribution is -2.51. The third-order valence-corrected chi connectivity index (χ3v) is 4.04. The second-order valence-electron chi connectivity index (χ2n) is 5.22. The zero-order valence-electron chi connectivity index (χ0n) is 11.6. The van der Waals surface area contributed by atoms with Crippen molar-refractivity contribution in [2.75, 3.05) is 13.7 Å². The Morgan fingerprint density at radius 1 is 1.32 bits per heavy atom. The highest BCUT2D eigenvalue weighted by Crippen LogP contribution is 2.28. The number of aliphatic carboxylic acids is 1. The number of carbonyl (C=O) groups excluding carboxylic acids is 1. The van der Waals surface area contributed by atoms with E-state index < -0.39 is 24.6 Å². The number of rotatable bonds is 5. The fraction of sp³-hybridized carbons (Fsp3) is 0.846. The van der Waals surface area contributed by atoms with Crippen LogP contribution in [-0.4, -0.2) is 52.9 Å². The molecule has 0 aliphatic heterocycles. The average molecular weight is 272 g/mol. The topological polar surface area (TPSA) is 89.9 Å². The lowest BCUT2D eigenvalue weighted by molar-refractivity contribution is -0.140. The van der Waals surface area contributed by atoms with Gasteiger partial charge in [-0.25, -0.2) is 9.59 Å². The van der Waals surface area contributed by atoms with Crippen molar-refractivity contribution in [1.29, 1.82) is 0 Å². The summed E-state index contributed by atoms with van der Waals surface area (Å²) in [5.74, 6) is -0.476. The van der Waals surface area contributed by atoms with Crippen LogP contribution in [0.4, 0.5) is 4.79 Å². The van der Waals surface area contributed by atoms with Gasteiger partial charge in [0.15, 0.2) is 6.04 Å². The summed E-state index contributed by atoms with van der Waals surface area (Å²) in [4.78, 5) is 24.2. The molecule has 1 aliphatic rings. The zero-order valence-corrected chi connectivity index (χ0v) is 11.6. The summed E-state index contributed by atoms with van der Waals surface area (Å²) in [5, 5.41) is 20.0. The van der Waals surface area contributed by atoms with Crippen LogP contribution in [0.3, 0.4) is 0 Å². The van der Waals surface area contributed by atoms with Crippen LogP contribution in [0.25, 0.3) is 0 Å². The summed E-state index contributed by atoms with van der Waals surface area (Å²) in [7, 11) is 1.68. The number of carbonyl (C=O) groups is 2. The molecule has 0 aromatic carbocycles. The van der Waals surface area contributed by atoms with Crippen molar-refractivity contribution in [2.24, 2.45) is 5.92 Å². The van der Waals surface area contributed by atoms with Gasteiger partial charge in [0.1, 0.15) is 0 Å². The highest BCUT2D eigenvalue weighted by molar-refractivity contribution is 5.82. The quantitative estimate of drug-likeness (QED) is 0.697. The minimum atomic E-state index is -1.23. The van der Waals surface area contributed by atoms with E-state index >= 15 is 0 Å². The summed E-state index contributed by atoms with van der Waals surface area (Å²) < 4.78 is 0. The van der Waals surface area contributed by atoms with E-state index in [4.69, 9.17) is 10.2 Å². The van der Waals surface area contributed by atoms with Crippen molar-refractivity contribution in [3.8, 4) is 0 Å². The van der Waals surface area contributed by atoms with Crippen LogP contribution in [0.5, 0.6) is 0 Å². The molecular weight excluding hydrogens is 248 g/mol. The van der Waals surface area contributed by atoms with Crippen molar-refractivity contribution in [3.05, 3.63) is 0 Å². The molecule has 1 rings (SSSR count). The molecule has 0 radical (unpaired) electrons. The van der Waals surface area contributed by atoms with E-state index in [0.29, 0.717) is 0 Å². The molecule has 2 amide bonds. The molecule has 0 spiro atoms. The Kier molecular flexibility index (Phi) is 6.08. The van der Waals surface area contributed by atoms with Crippen LogP contribution in [0, 0.1) is 5.92 Å². The number of aliphatic hydroxyl groups is 1. The molecule has 0 unspecified atom stereocenters. The smallest absolute Gasteiger partial charge is 0.328 e. The maximum absolute atomic E-state index is 11.9. The number of amides is 2. The highest BCUT2D eigenvalue weighted by Gasteiger charge is 2.28. The number of nitrogens with zero attached hydrogens (tertiary/aromatic N) is 1. The Bertz CT molecular complexity index is 314. The molecule has 1 fully saturated rings. The first-order valence-electron chi connectivity index (χ1n) is 6.86. The van der Waals surface area contributed by atoms with E-state index in [1.807, 2.05) is 0 Å². The van der Waals surface area contributed by atoms with Crippen molar-refractivity contribution < 1.29 is 19.8 Å². The molecule has 1 aliphatic carbocycles. The number of nitrogens with one attached hydrogen (secondary N) is 1. The van der Waals surface area contributed by atoms with Gasteiger partial charge in [-0.15, -0.1) is 0 Å². The first-order chi connectivity index (χ1) is 8.99. The molecule has 0 aromatic heterocycles. The van der Waals surface area contributed by atoms with Crippen LogP contribution in [0.15, 0.2) is 0 Å². The van der Waals surface area contributed by atoms with Crippen molar-refractivity contribution in [2.45, 2.75) is 51.1 Å². The van der Waals surface area contributed by atoms with Gasteiger partial charge in [-0.2, -0.15) is 0 Å². The summed E-state index contributed by atoms with van der Waals surface area (Å²) in [6.07, 6.45) is 5.31. The van der Waals surface area contributed by atoms with Crippen molar-refractivity contribution >= 4 is 12.0 Å². The molecule has 110 valence electrons. The van der Waals surface area contributed by atoms with Gasteiger partial charge >= 0.3 is 12.0 Å². The number of urea groups is 1. The number of carboxylic acids is 1. The largest absolute Gasteiger partial charge is 0.480 e. The van der Waals surface area contributed by atoms with Crippen molar-refractivity contribution in [3.63, 3.8) is 0 Å². The Morgan fingerprint density at radius 3 is 2.32 bits per heavy atom. The van der Waals surface area contributed by atoms with Crippen LogP contribution in [0.1, 0.15) is 39.0 Å². The lowest BCUT2D eigenvalue weighted by Gasteiger charge is -2.34. The second kappa shape index (κ2) is 7.33. The van der Waals surface area contributed by atoms with Crippen LogP contribution in [-0.2, 0) is 4.79 Å². The zero-order chi connectivity index (χ0) is 14.4. The summed E-state index contributed by atoms with van der Waals surface area (Å²) in [5.41, 5.74) is 0. The molecule has 0 aromatic rings. The molecule has 6 heteroatoms. The van der Waals surface area contributed by atoms with E-state index in [2.05, 4.69) is 12.2 Å². The molecule has 0 bridgehead atoms. The number of hydrogen-bond acceptors (Lipinski definition) is 3. The van der Waals surface area contributed by atoms with Gasteiger partial charge in [0.25, 0.3) is 0 Å². The van der Waals surface area contributed by atoms with Gasteiger partial charge in [-0.3, -0.25) is 0 Å². The lowest BCUT2D eigenvalue weighted by atomic mass is 9.84. The Hall–Kier alpha value is -1.30. The van der Waals surface area contributed by atoms with Gasteiger partial charge in [-0.1, -0.05) is 13.3 Å². The van der Waals surface area contributed by atoms with Gasteiger partial charge in [0, 0.05) is 13.1 Å². The van der Waals surface area contributed by atoms with Crippen LogP contribution in [0.2, 0.25) is 0 Å². The first-order valence-corrected chi connectivity index (χ1v) is 6.86. The summed E-state index contributed by atoms with van der Waals surface area (Å²) in [6, 6.07) is -1.50. The van der Waals surface area contributed by atoms with E-state index in [9.17, 15) is 9.59 Å². The molecule has 1 atom stereocenters. The van der Waals surface area contributed by atoms with Gasteiger partial charge < -0.3 is 20.4 Å². The van der Waals surface area contributed by atoms with E-state index in [1.54, 1.807) is 11.9 Å². The molecule has 3 N–H and O–H groups in total. The van der Waals surface area contributed by atoms with Gasteiger partial charge in [0.2, 0.25) is 0 Å². The molecule has 1 saturated carbocycles. The highest BCUT2D eigenvalue weighted by atomic mass is 16.4. The van der Waals surface area contributed by atoms with E-state index in [1.165, 1.54) is 6.42 Å². The standard InChI is InChI=1S/C13H24N2O4/c1-3-9-4-6-10(7-5-9)15(2)13(19)14-11(8-16)12(17)18/h9-11,16H,3-8H2,1-2H3,(H,14,19)(H,17,18)/t9?,10?,11-/m0/s1. The minimum absolute atomic E-state index is 0.163. The molecular formula is C13H24N2O4. The number of carboxylic acid groups (broad SMARTS) is 1. The monoisotopic (exact) mass is 272 g/mol. The normalized spacial score (nSPS) is 24.6. The van der Waals surface area contributed by atoms with Crippen molar-refractivity contribution in [1.82, 2.24) is 10.2 Å². The van der Waals surface area contributed by atoms with Gasteiger partial charge in [-0.05, 0) is 31.6 Å². The number of hydrogen-bond donors (Lipinski definition) is 3. The minimum Gasteiger partial charge on any atom is -0.480 e. The fourth-order valence-electron chi connectivity index (χ4n) is 2.54. The third-order valence-electron chi connectivity index (χ3n) is 4.04. The average Bonchev–Trinajstić information content (AvgIpc) is 2.43. The Morgan fingerprint density at radius 2 is 1.89 bits per heavy atom. The first kappa shape index (κ1) is 15.8. The third kappa shape index (κ3) is 4.38. The predicted octanol–water partition coefficient (Wildman–Crippen LogP) is 1.04. The predicted molar refractivity (Wildman–Crippen MR) is 70.8 cm³/mol. The summed E-state index contributed by atoms with van der Waals surface area (Å²) >= 11 is 0. The van der Waals surface area contributed by atoms with Gasteiger partial charge in [0.05, 0.1) is 6.61 Å². The van der Waals surface area contributed by atoms with Crippen LogP contribution >= 0.6 is 0 Å². The SMILES string of the molecule is CCC1CCC(N(C)C(=O)N[C@@H](CO)C(=O)O)CC1. The number of aliphatic hydroxyl groups excluding tert-OH is 1. The summed E-state index contributed by atoms with van der Waals surface area (Å²) in [6.45, 7) is 1.58. The Balaban J connectivity index is 2.46.